The Bertz CT molecular complexity index is 1240. The number of thiazole rings is 1. The number of carbonyl (C=O) groups excluding carboxylic acids is 1. The normalized spacial score (nSPS) is 11.0. The highest BCUT2D eigenvalue weighted by Crippen LogP contribution is 2.25. The van der Waals surface area contributed by atoms with Crippen LogP contribution in [-0.4, -0.2) is 32.3 Å². The van der Waals surface area contributed by atoms with E-state index < -0.39 is 0 Å². The third-order valence-electron chi connectivity index (χ3n) is 4.52. The van der Waals surface area contributed by atoms with E-state index in [0.29, 0.717) is 23.7 Å². The van der Waals surface area contributed by atoms with E-state index in [1.54, 1.807) is 11.3 Å². The number of anilines is 1. The molecule has 2 N–H and O–H groups in total. The van der Waals surface area contributed by atoms with Gasteiger partial charge >= 0.3 is 0 Å². The number of amides is 1. The molecule has 0 saturated carbocycles. The maximum absolute atomic E-state index is 12.5. The van der Waals surface area contributed by atoms with Gasteiger partial charge < -0.3 is 10.1 Å². The average Bonchev–Trinajstić information content (AvgIpc) is 3.28. The fourth-order valence-corrected chi connectivity index (χ4v) is 4.26. The summed E-state index contributed by atoms with van der Waals surface area (Å²) < 4.78 is 8.85. The Morgan fingerprint density at radius 1 is 1.27 bits per heavy atom. The standard InChI is InChI=1S/C21H21N5O2S2/c1-3-28-16-7-4-14(5-8-16)20-24-25-21(29)26(20)11-10-19(27)23-15-6-9-17-18(12-15)30-13(2)22-17/h4-9,12H,3,10-11H2,1-2H3,(H,23,27)(H,25,29). The molecule has 2 heterocycles. The first-order valence-corrected chi connectivity index (χ1v) is 10.8. The number of aromatic amines is 1. The van der Waals surface area contributed by atoms with Crippen molar-refractivity contribution in [3.63, 3.8) is 0 Å². The summed E-state index contributed by atoms with van der Waals surface area (Å²) in [5.74, 6) is 1.41. The molecule has 0 aliphatic rings. The number of hydrogen-bond acceptors (Lipinski definition) is 6. The molecule has 4 rings (SSSR count). The maximum Gasteiger partial charge on any atom is 0.226 e. The molecule has 2 aromatic heterocycles. The summed E-state index contributed by atoms with van der Waals surface area (Å²) in [5.41, 5.74) is 2.61. The average molecular weight is 440 g/mol. The van der Waals surface area contributed by atoms with Crippen LogP contribution in [0.25, 0.3) is 21.6 Å². The van der Waals surface area contributed by atoms with Gasteiger partial charge in [-0.3, -0.25) is 14.5 Å². The Labute approximate surface area is 182 Å². The van der Waals surface area contributed by atoms with Crippen LogP contribution in [0, 0.1) is 11.7 Å². The summed E-state index contributed by atoms with van der Waals surface area (Å²) in [4.78, 5) is 16.9. The van der Waals surface area contributed by atoms with Gasteiger partial charge in [-0.05, 0) is 68.5 Å². The number of H-pyrrole nitrogens is 1. The Kier molecular flexibility index (Phi) is 5.91. The molecule has 0 saturated heterocycles. The van der Waals surface area contributed by atoms with Gasteiger partial charge in [0.1, 0.15) is 5.75 Å². The minimum Gasteiger partial charge on any atom is -0.494 e. The second kappa shape index (κ2) is 8.76. The van der Waals surface area contributed by atoms with Crippen molar-refractivity contribution in [2.24, 2.45) is 0 Å². The van der Waals surface area contributed by atoms with E-state index in [0.717, 1.165) is 32.2 Å². The minimum atomic E-state index is -0.0867. The van der Waals surface area contributed by atoms with Crippen molar-refractivity contribution in [2.45, 2.75) is 26.8 Å². The first kappa shape index (κ1) is 20.2. The van der Waals surface area contributed by atoms with Crippen LogP contribution in [0.5, 0.6) is 5.75 Å². The largest absolute Gasteiger partial charge is 0.494 e. The van der Waals surface area contributed by atoms with Gasteiger partial charge in [0.15, 0.2) is 10.6 Å². The van der Waals surface area contributed by atoms with Crippen molar-refractivity contribution in [1.29, 1.82) is 0 Å². The summed E-state index contributed by atoms with van der Waals surface area (Å²) >= 11 is 6.97. The molecule has 30 heavy (non-hydrogen) atoms. The van der Waals surface area contributed by atoms with Crippen molar-refractivity contribution >= 4 is 45.4 Å². The molecule has 0 unspecified atom stereocenters. The zero-order valence-corrected chi connectivity index (χ0v) is 18.3. The van der Waals surface area contributed by atoms with Crippen LogP contribution in [0.15, 0.2) is 42.5 Å². The number of rotatable bonds is 7. The Morgan fingerprint density at radius 3 is 2.83 bits per heavy atom. The van der Waals surface area contributed by atoms with Crippen molar-refractivity contribution in [3.05, 3.63) is 52.2 Å². The first-order chi connectivity index (χ1) is 14.5. The maximum atomic E-state index is 12.5. The number of hydrogen-bond donors (Lipinski definition) is 2. The second-order valence-electron chi connectivity index (χ2n) is 6.67. The summed E-state index contributed by atoms with van der Waals surface area (Å²) in [6, 6.07) is 13.4. The summed E-state index contributed by atoms with van der Waals surface area (Å²) in [6.45, 7) is 4.95. The van der Waals surface area contributed by atoms with Gasteiger partial charge in [-0.15, -0.1) is 11.3 Å². The predicted octanol–water partition coefficient (Wildman–Crippen LogP) is 4.95. The zero-order chi connectivity index (χ0) is 21.1. The number of aromatic nitrogens is 4. The van der Waals surface area contributed by atoms with Gasteiger partial charge in [-0.25, -0.2) is 4.98 Å². The predicted molar refractivity (Wildman–Crippen MR) is 122 cm³/mol. The molecule has 0 aliphatic heterocycles. The van der Waals surface area contributed by atoms with Crippen molar-refractivity contribution in [1.82, 2.24) is 19.7 Å². The third-order valence-corrected chi connectivity index (χ3v) is 5.77. The molecule has 0 bridgehead atoms. The van der Waals surface area contributed by atoms with Crippen LogP contribution >= 0.6 is 23.6 Å². The van der Waals surface area contributed by atoms with Crippen LogP contribution < -0.4 is 10.1 Å². The summed E-state index contributed by atoms with van der Waals surface area (Å²) in [6.07, 6.45) is 0.275. The van der Waals surface area contributed by atoms with Gasteiger partial charge in [0.05, 0.1) is 21.8 Å². The molecule has 2 aromatic carbocycles. The van der Waals surface area contributed by atoms with E-state index >= 15 is 0 Å². The van der Waals surface area contributed by atoms with Crippen molar-refractivity contribution in [2.75, 3.05) is 11.9 Å². The lowest BCUT2D eigenvalue weighted by Crippen LogP contribution is -2.15. The van der Waals surface area contributed by atoms with Gasteiger partial charge in [-0.1, -0.05) is 0 Å². The van der Waals surface area contributed by atoms with Gasteiger partial charge in [0.25, 0.3) is 0 Å². The molecule has 0 fully saturated rings. The quantitative estimate of drug-likeness (QED) is 0.398. The van der Waals surface area contributed by atoms with Gasteiger partial charge in [-0.2, -0.15) is 5.10 Å². The topological polar surface area (TPSA) is 84.8 Å². The highest BCUT2D eigenvalue weighted by atomic mass is 32.1. The lowest BCUT2D eigenvalue weighted by atomic mass is 10.2. The smallest absolute Gasteiger partial charge is 0.226 e. The van der Waals surface area contributed by atoms with E-state index in [9.17, 15) is 4.79 Å². The first-order valence-electron chi connectivity index (χ1n) is 9.59. The number of ether oxygens (including phenoxy) is 1. The Balaban J connectivity index is 1.44. The highest BCUT2D eigenvalue weighted by molar-refractivity contribution is 7.71. The lowest BCUT2D eigenvalue weighted by molar-refractivity contribution is -0.116. The number of fused-ring (bicyclic) bond motifs is 1. The SMILES string of the molecule is CCOc1ccc(-c2n[nH]c(=S)n2CCC(=O)Nc2ccc3nc(C)sc3c2)cc1. The summed E-state index contributed by atoms with van der Waals surface area (Å²) in [7, 11) is 0. The van der Waals surface area contributed by atoms with E-state index in [2.05, 4.69) is 20.5 Å². The third kappa shape index (κ3) is 4.42. The van der Waals surface area contributed by atoms with Crippen LogP contribution in [-0.2, 0) is 11.3 Å². The number of nitrogens with zero attached hydrogens (tertiary/aromatic N) is 3. The molecule has 9 heteroatoms. The Morgan fingerprint density at radius 2 is 2.07 bits per heavy atom. The monoisotopic (exact) mass is 439 g/mol. The fraction of sp³-hybridized carbons (Fsp3) is 0.238. The van der Waals surface area contributed by atoms with Crippen molar-refractivity contribution in [3.8, 4) is 17.1 Å². The van der Waals surface area contributed by atoms with Gasteiger partial charge in [0.2, 0.25) is 5.91 Å². The summed E-state index contributed by atoms with van der Waals surface area (Å²) in [5, 5.41) is 11.1. The van der Waals surface area contributed by atoms with E-state index in [1.165, 1.54) is 0 Å². The van der Waals surface area contributed by atoms with E-state index in [1.807, 2.05) is 60.9 Å². The highest BCUT2D eigenvalue weighted by Gasteiger charge is 2.12. The Hall–Kier alpha value is -3.04. The molecule has 0 spiro atoms. The molecular weight excluding hydrogens is 418 g/mol. The van der Waals surface area contributed by atoms with E-state index in [4.69, 9.17) is 17.0 Å². The fourth-order valence-electron chi connectivity index (χ4n) is 3.17. The van der Waals surface area contributed by atoms with Crippen molar-refractivity contribution < 1.29 is 9.53 Å². The molecule has 7 nitrogen and oxygen atoms in total. The molecule has 4 aromatic rings. The minimum absolute atomic E-state index is 0.0867. The van der Waals surface area contributed by atoms with Crippen LogP contribution in [0.1, 0.15) is 18.4 Å². The van der Waals surface area contributed by atoms with Crippen LogP contribution in [0.3, 0.4) is 0 Å². The number of aryl methyl sites for hydroxylation is 1. The molecule has 0 aliphatic carbocycles. The lowest BCUT2D eigenvalue weighted by Gasteiger charge is -2.09. The van der Waals surface area contributed by atoms with Crippen LogP contribution in [0.2, 0.25) is 0 Å². The zero-order valence-electron chi connectivity index (χ0n) is 16.6. The molecule has 0 atom stereocenters. The number of benzene rings is 2. The molecule has 154 valence electrons. The van der Waals surface area contributed by atoms with Gasteiger partial charge in [0, 0.05) is 24.2 Å². The number of nitrogens with one attached hydrogen (secondary N) is 2. The molecule has 0 radical (unpaired) electrons. The van der Waals surface area contributed by atoms with E-state index in [-0.39, 0.29) is 12.3 Å². The number of carbonyl (C=O) groups is 1. The van der Waals surface area contributed by atoms with Crippen LogP contribution in [0.4, 0.5) is 5.69 Å². The molecule has 1 amide bonds. The molecular formula is C21H21N5O2S2. The second-order valence-corrected chi connectivity index (χ2v) is 8.30.